The van der Waals surface area contributed by atoms with Crippen molar-refractivity contribution >= 4 is 11.8 Å². The van der Waals surface area contributed by atoms with Crippen LogP contribution in [-0.4, -0.2) is 16.4 Å². The maximum Gasteiger partial charge on any atom is 0.325 e. The number of hydrogen-bond acceptors (Lipinski definition) is 3. The van der Waals surface area contributed by atoms with Crippen molar-refractivity contribution in [2.24, 2.45) is 5.73 Å². The zero-order valence-electron chi connectivity index (χ0n) is 6.69. The summed E-state index contributed by atoms with van der Waals surface area (Å²) in [6.45, 7) is 3.13. The minimum absolute atomic E-state index is 0.165. The summed E-state index contributed by atoms with van der Waals surface area (Å²) in [5, 5.41) is 0. The van der Waals surface area contributed by atoms with E-state index < -0.39 is 17.4 Å². The normalized spacial score (nSPS) is 9.62. The van der Waals surface area contributed by atoms with Crippen molar-refractivity contribution < 1.29 is 9.59 Å². The lowest BCUT2D eigenvalue weighted by atomic mass is 10.2. The van der Waals surface area contributed by atoms with E-state index in [2.05, 4.69) is 6.92 Å². The molecule has 13 heavy (non-hydrogen) atoms. The van der Waals surface area contributed by atoms with Gasteiger partial charge >= 0.3 is 6.03 Å². The van der Waals surface area contributed by atoms with Crippen LogP contribution in [0.3, 0.4) is 0 Å². The molecule has 0 saturated heterocycles. The summed E-state index contributed by atoms with van der Waals surface area (Å²) in [6, 6.07) is 1.45. The second-order valence-electron chi connectivity index (χ2n) is 2.39. The summed E-state index contributed by atoms with van der Waals surface area (Å²) in [5.41, 5.74) is 4.47. The average Bonchev–Trinajstić information content (AvgIpc) is 2.04. The monoisotopic (exact) mass is 179 g/mol. The van der Waals surface area contributed by atoms with E-state index in [9.17, 15) is 14.4 Å². The van der Waals surface area contributed by atoms with Gasteiger partial charge in [-0.25, -0.2) is 9.36 Å². The number of hydrogen-bond donors (Lipinski definition) is 1. The molecule has 1 rings (SSSR count). The van der Waals surface area contributed by atoms with Gasteiger partial charge in [0.15, 0.2) is 5.78 Å². The summed E-state index contributed by atoms with van der Waals surface area (Å²) in [4.78, 5) is 32.4. The van der Waals surface area contributed by atoms with E-state index in [0.717, 1.165) is 12.3 Å². The molecule has 5 nitrogen and oxygen atoms in total. The molecule has 5 heteroatoms. The highest BCUT2D eigenvalue weighted by Gasteiger charge is 2.05. The fraction of sp³-hybridized carbons (Fsp3) is 0. The van der Waals surface area contributed by atoms with Gasteiger partial charge in [0.05, 0.1) is 0 Å². The van der Waals surface area contributed by atoms with Gasteiger partial charge in [0.25, 0.3) is 5.56 Å². The molecular formula is C8H7N2O3. The lowest BCUT2D eigenvalue weighted by Gasteiger charge is -2.00. The fourth-order valence-electron chi connectivity index (χ4n) is 0.824. The number of pyridine rings is 1. The highest BCUT2D eigenvalue weighted by Crippen LogP contribution is 1.95. The van der Waals surface area contributed by atoms with E-state index in [1.165, 1.54) is 6.07 Å². The Kier molecular flexibility index (Phi) is 2.27. The van der Waals surface area contributed by atoms with Crippen LogP contribution in [-0.2, 0) is 0 Å². The van der Waals surface area contributed by atoms with Gasteiger partial charge in [0.2, 0.25) is 0 Å². The number of rotatable bonds is 1. The standard InChI is InChI=1S/C8H7N2O3/c1-5(11)6-2-3-7(12)10(4-6)8(9)13/h2-4H,1H2,(H2,9,13). The first-order valence-corrected chi connectivity index (χ1v) is 3.41. The molecule has 0 atom stereocenters. The molecule has 67 valence electrons. The quantitative estimate of drug-likeness (QED) is 0.605. The van der Waals surface area contributed by atoms with Crippen LogP contribution >= 0.6 is 0 Å². The van der Waals surface area contributed by atoms with Crippen LogP contribution < -0.4 is 11.3 Å². The molecular weight excluding hydrogens is 172 g/mol. The van der Waals surface area contributed by atoms with Gasteiger partial charge in [0, 0.05) is 24.8 Å². The van der Waals surface area contributed by atoms with Crippen LogP contribution in [0.25, 0.3) is 0 Å². The number of carbonyl (C=O) groups excluding carboxylic acids is 2. The van der Waals surface area contributed by atoms with Crippen molar-refractivity contribution in [2.45, 2.75) is 0 Å². The maximum absolute atomic E-state index is 11.0. The van der Waals surface area contributed by atoms with Crippen molar-refractivity contribution in [3.63, 3.8) is 0 Å². The predicted octanol–water partition coefficient (Wildman–Crippen LogP) is -0.208. The Morgan fingerprint density at radius 2 is 2.00 bits per heavy atom. The van der Waals surface area contributed by atoms with Crippen molar-refractivity contribution in [3.8, 4) is 0 Å². The third-order valence-electron chi connectivity index (χ3n) is 1.47. The van der Waals surface area contributed by atoms with Crippen molar-refractivity contribution in [3.05, 3.63) is 41.2 Å². The van der Waals surface area contributed by atoms with Crippen LogP contribution in [0, 0.1) is 6.92 Å². The van der Waals surface area contributed by atoms with Gasteiger partial charge in [-0.15, -0.1) is 0 Å². The Labute approximate surface area is 73.8 Å². The zero-order chi connectivity index (χ0) is 10.0. The second-order valence-corrected chi connectivity index (χ2v) is 2.39. The first-order chi connectivity index (χ1) is 6.02. The minimum atomic E-state index is -0.923. The van der Waals surface area contributed by atoms with Crippen LogP contribution in [0.15, 0.2) is 23.1 Å². The molecule has 0 saturated carbocycles. The van der Waals surface area contributed by atoms with E-state index in [4.69, 9.17) is 5.73 Å². The summed E-state index contributed by atoms with van der Waals surface area (Å²) >= 11 is 0. The molecule has 0 aromatic carbocycles. The number of amides is 1. The number of primary amides is 1. The third kappa shape index (κ3) is 1.81. The molecule has 1 aromatic rings. The fourth-order valence-corrected chi connectivity index (χ4v) is 0.824. The molecule has 1 heterocycles. The van der Waals surface area contributed by atoms with Gasteiger partial charge in [-0.1, -0.05) is 0 Å². The molecule has 0 unspecified atom stereocenters. The van der Waals surface area contributed by atoms with E-state index in [1.54, 1.807) is 0 Å². The number of nitrogens with zero attached hydrogens (tertiary/aromatic N) is 1. The van der Waals surface area contributed by atoms with Crippen LogP contribution in [0.1, 0.15) is 10.4 Å². The molecule has 1 aromatic heterocycles. The minimum Gasteiger partial charge on any atom is -0.351 e. The molecule has 0 aliphatic rings. The summed E-state index contributed by atoms with van der Waals surface area (Å²) in [6.07, 6.45) is 1.07. The van der Waals surface area contributed by atoms with E-state index in [0.29, 0.717) is 4.57 Å². The Morgan fingerprint density at radius 1 is 1.38 bits per heavy atom. The number of Topliss-reactive ketones (excluding diaryl/α,β-unsaturated/α-hetero) is 1. The van der Waals surface area contributed by atoms with E-state index in [1.807, 2.05) is 0 Å². The number of nitrogens with two attached hydrogens (primary N) is 1. The van der Waals surface area contributed by atoms with Crippen LogP contribution in [0.2, 0.25) is 0 Å². The van der Waals surface area contributed by atoms with Crippen LogP contribution in [0.5, 0.6) is 0 Å². The summed E-state index contributed by atoms with van der Waals surface area (Å²) < 4.78 is 0.651. The Morgan fingerprint density at radius 3 is 2.46 bits per heavy atom. The number of carbonyl (C=O) groups is 2. The van der Waals surface area contributed by atoms with Gasteiger partial charge in [0.1, 0.15) is 0 Å². The Bertz CT molecular complexity index is 420. The van der Waals surface area contributed by atoms with Gasteiger partial charge in [-0.05, 0) is 6.07 Å². The summed E-state index contributed by atoms with van der Waals surface area (Å²) in [5.74, 6) is -0.477. The zero-order valence-corrected chi connectivity index (χ0v) is 6.69. The summed E-state index contributed by atoms with van der Waals surface area (Å²) in [7, 11) is 0. The molecule has 1 amide bonds. The third-order valence-corrected chi connectivity index (χ3v) is 1.47. The Hall–Kier alpha value is -1.91. The first kappa shape index (κ1) is 9.18. The van der Waals surface area contributed by atoms with E-state index in [-0.39, 0.29) is 5.56 Å². The molecule has 0 aliphatic heterocycles. The van der Waals surface area contributed by atoms with Gasteiger partial charge < -0.3 is 5.73 Å². The molecule has 0 bridgehead atoms. The van der Waals surface area contributed by atoms with Gasteiger partial charge in [-0.2, -0.15) is 0 Å². The van der Waals surface area contributed by atoms with Crippen molar-refractivity contribution in [1.29, 1.82) is 0 Å². The number of ketones is 1. The molecule has 0 fully saturated rings. The molecule has 0 aliphatic carbocycles. The van der Waals surface area contributed by atoms with Crippen molar-refractivity contribution in [2.75, 3.05) is 0 Å². The highest BCUT2D eigenvalue weighted by atomic mass is 16.2. The molecule has 1 radical (unpaired) electrons. The maximum atomic E-state index is 11.0. The molecule has 0 spiro atoms. The topological polar surface area (TPSA) is 82.2 Å². The van der Waals surface area contributed by atoms with Gasteiger partial charge in [-0.3, -0.25) is 9.59 Å². The number of aromatic nitrogens is 1. The Balaban J connectivity index is 3.35. The second kappa shape index (κ2) is 3.22. The lowest BCUT2D eigenvalue weighted by molar-refractivity contribution is 0.104. The lowest BCUT2D eigenvalue weighted by Crippen LogP contribution is -2.31. The van der Waals surface area contributed by atoms with Crippen molar-refractivity contribution in [1.82, 2.24) is 4.57 Å². The average molecular weight is 179 g/mol. The molecule has 2 N–H and O–H groups in total. The SMILES string of the molecule is [CH2]C(=O)c1ccc(=O)n(C(N)=O)c1. The highest BCUT2D eigenvalue weighted by molar-refractivity contribution is 5.99. The van der Waals surface area contributed by atoms with Crippen LogP contribution in [0.4, 0.5) is 4.79 Å². The first-order valence-electron chi connectivity index (χ1n) is 3.41. The van der Waals surface area contributed by atoms with E-state index >= 15 is 0 Å². The smallest absolute Gasteiger partial charge is 0.325 e. The largest absolute Gasteiger partial charge is 0.351 e. The predicted molar refractivity (Wildman–Crippen MR) is 45.4 cm³/mol.